The van der Waals surface area contributed by atoms with Gasteiger partial charge in [-0.25, -0.2) is 0 Å². The van der Waals surface area contributed by atoms with Crippen LogP contribution in [-0.2, 0) is 10.2 Å². The second-order valence-electron chi connectivity index (χ2n) is 6.59. The Morgan fingerprint density at radius 3 is 2.73 bits per heavy atom. The highest BCUT2D eigenvalue weighted by Gasteiger charge is 2.36. The SMILES string of the molecule is CC(C)(C(=O)N1CCC[C@H](c2ccn[nH]2)C1)c1ccccc1. The van der Waals surface area contributed by atoms with Gasteiger partial charge in [-0.1, -0.05) is 30.3 Å². The minimum absolute atomic E-state index is 0.211. The van der Waals surface area contributed by atoms with Crippen LogP contribution in [0.4, 0.5) is 0 Å². The lowest BCUT2D eigenvalue weighted by Gasteiger charge is -2.37. The highest BCUT2D eigenvalue weighted by molar-refractivity contribution is 5.87. The van der Waals surface area contributed by atoms with Crippen LogP contribution in [-0.4, -0.2) is 34.1 Å². The molecule has 1 N–H and O–H groups in total. The molecule has 22 heavy (non-hydrogen) atoms. The average Bonchev–Trinajstić information content (AvgIpc) is 3.09. The average molecular weight is 297 g/mol. The van der Waals surface area contributed by atoms with Crippen LogP contribution in [0.25, 0.3) is 0 Å². The van der Waals surface area contributed by atoms with Gasteiger partial charge in [-0.2, -0.15) is 5.10 Å². The molecule has 0 radical (unpaired) electrons. The third-order valence-electron chi connectivity index (χ3n) is 4.70. The fourth-order valence-corrected chi connectivity index (χ4v) is 3.28. The predicted molar refractivity (Wildman–Crippen MR) is 86.6 cm³/mol. The number of likely N-dealkylation sites (tertiary alicyclic amines) is 1. The molecule has 2 aromatic rings. The Kier molecular flexibility index (Phi) is 4.01. The first kappa shape index (κ1) is 14.8. The standard InChI is InChI=1S/C18H23N3O/c1-18(2,15-8-4-3-5-9-15)17(22)21-12-6-7-14(13-21)16-10-11-19-20-16/h3-5,8-11,14H,6-7,12-13H2,1-2H3,(H,19,20)/t14-/m0/s1. The van der Waals surface area contributed by atoms with Crippen molar-refractivity contribution in [1.29, 1.82) is 0 Å². The van der Waals surface area contributed by atoms with Gasteiger partial charge in [0.15, 0.2) is 0 Å². The van der Waals surface area contributed by atoms with E-state index in [2.05, 4.69) is 10.2 Å². The van der Waals surface area contributed by atoms with Crippen LogP contribution in [0.5, 0.6) is 0 Å². The zero-order valence-corrected chi connectivity index (χ0v) is 13.2. The number of aromatic nitrogens is 2. The lowest BCUT2D eigenvalue weighted by molar-refractivity contribution is -0.137. The molecule has 0 spiro atoms. The smallest absolute Gasteiger partial charge is 0.232 e. The number of carbonyl (C=O) groups is 1. The zero-order valence-electron chi connectivity index (χ0n) is 13.2. The summed E-state index contributed by atoms with van der Waals surface area (Å²) in [5, 5.41) is 7.08. The highest BCUT2D eigenvalue weighted by Crippen LogP contribution is 2.30. The van der Waals surface area contributed by atoms with Crippen LogP contribution in [0, 0.1) is 0 Å². The van der Waals surface area contributed by atoms with Gasteiger partial charge in [-0.3, -0.25) is 9.89 Å². The van der Waals surface area contributed by atoms with E-state index < -0.39 is 5.41 Å². The molecule has 0 bridgehead atoms. The van der Waals surface area contributed by atoms with Crippen LogP contribution < -0.4 is 0 Å². The van der Waals surface area contributed by atoms with Gasteiger partial charge in [0.25, 0.3) is 0 Å². The molecule has 0 aliphatic carbocycles. The summed E-state index contributed by atoms with van der Waals surface area (Å²) < 4.78 is 0. The molecule has 1 aromatic carbocycles. The summed E-state index contributed by atoms with van der Waals surface area (Å²) in [6.07, 6.45) is 3.93. The number of amides is 1. The van der Waals surface area contributed by atoms with Crippen molar-refractivity contribution in [3.05, 3.63) is 53.9 Å². The van der Waals surface area contributed by atoms with Crippen molar-refractivity contribution in [2.45, 2.75) is 38.0 Å². The summed E-state index contributed by atoms with van der Waals surface area (Å²) in [4.78, 5) is 15.1. The van der Waals surface area contributed by atoms with Crippen molar-refractivity contribution in [3.63, 3.8) is 0 Å². The topological polar surface area (TPSA) is 49.0 Å². The van der Waals surface area contributed by atoms with E-state index in [0.717, 1.165) is 37.2 Å². The van der Waals surface area contributed by atoms with E-state index >= 15 is 0 Å². The van der Waals surface area contributed by atoms with Crippen molar-refractivity contribution in [1.82, 2.24) is 15.1 Å². The third kappa shape index (κ3) is 2.78. The third-order valence-corrected chi connectivity index (χ3v) is 4.70. The van der Waals surface area contributed by atoms with E-state index in [1.807, 2.05) is 55.1 Å². The summed E-state index contributed by atoms with van der Waals surface area (Å²) in [5.41, 5.74) is 1.72. The molecule has 4 nitrogen and oxygen atoms in total. The van der Waals surface area contributed by atoms with Crippen molar-refractivity contribution in [2.24, 2.45) is 0 Å². The molecular formula is C18H23N3O. The second-order valence-corrected chi connectivity index (χ2v) is 6.59. The van der Waals surface area contributed by atoms with E-state index in [9.17, 15) is 4.79 Å². The fourth-order valence-electron chi connectivity index (χ4n) is 3.28. The Labute approximate surface area is 131 Å². The van der Waals surface area contributed by atoms with E-state index in [0.29, 0.717) is 5.92 Å². The first-order chi connectivity index (χ1) is 10.6. The molecule has 4 heteroatoms. The van der Waals surface area contributed by atoms with Gasteiger partial charge in [0.2, 0.25) is 5.91 Å². The minimum Gasteiger partial charge on any atom is -0.341 e. The lowest BCUT2D eigenvalue weighted by atomic mass is 9.82. The molecule has 2 heterocycles. The zero-order chi connectivity index (χ0) is 15.6. The van der Waals surface area contributed by atoms with Crippen LogP contribution in [0.15, 0.2) is 42.6 Å². The number of nitrogens with one attached hydrogen (secondary N) is 1. The molecule has 1 atom stereocenters. The van der Waals surface area contributed by atoms with Crippen LogP contribution in [0.2, 0.25) is 0 Å². The van der Waals surface area contributed by atoms with Crippen molar-refractivity contribution in [3.8, 4) is 0 Å². The van der Waals surface area contributed by atoms with E-state index in [-0.39, 0.29) is 5.91 Å². The van der Waals surface area contributed by atoms with Gasteiger partial charge in [-0.15, -0.1) is 0 Å². The van der Waals surface area contributed by atoms with Gasteiger partial charge < -0.3 is 4.90 Å². The molecule has 0 unspecified atom stereocenters. The molecule has 1 saturated heterocycles. The molecule has 0 saturated carbocycles. The molecular weight excluding hydrogens is 274 g/mol. The molecule has 1 amide bonds. The molecule has 116 valence electrons. The molecule has 1 aromatic heterocycles. The number of nitrogens with zero attached hydrogens (tertiary/aromatic N) is 2. The number of hydrogen-bond donors (Lipinski definition) is 1. The van der Waals surface area contributed by atoms with Crippen molar-refractivity contribution >= 4 is 5.91 Å². The Balaban J connectivity index is 1.77. The maximum Gasteiger partial charge on any atom is 0.232 e. The van der Waals surface area contributed by atoms with E-state index in [1.54, 1.807) is 6.20 Å². The number of piperidine rings is 1. The summed E-state index contributed by atoms with van der Waals surface area (Å²) in [7, 11) is 0. The summed E-state index contributed by atoms with van der Waals surface area (Å²) in [5.74, 6) is 0.578. The van der Waals surface area contributed by atoms with Crippen LogP contribution >= 0.6 is 0 Å². The van der Waals surface area contributed by atoms with Crippen LogP contribution in [0.1, 0.15) is 43.9 Å². The van der Waals surface area contributed by atoms with Crippen molar-refractivity contribution in [2.75, 3.05) is 13.1 Å². The van der Waals surface area contributed by atoms with Gasteiger partial charge in [0.1, 0.15) is 0 Å². The Morgan fingerprint density at radius 2 is 2.05 bits per heavy atom. The Bertz CT molecular complexity index is 619. The monoisotopic (exact) mass is 297 g/mol. The lowest BCUT2D eigenvalue weighted by Crippen LogP contribution is -2.47. The number of aromatic amines is 1. The first-order valence-electron chi connectivity index (χ1n) is 7.93. The maximum absolute atomic E-state index is 13.0. The Morgan fingerprint density at radius 1 is 1.27 bits per heavy atom. The van der Waals surface area contributed by atoms with Gasteiger partial charge in [0.05, 0.1) is 5.41 Å². The Hall–Kier alpha value is -2.10. The van der Waals surface area contributed by atoms with Gasteiger partial charge in [0, 0.05) is 30.9 Å². The number of benzene rings is 1. The van der Waals surface area contributed by atoms with E-state index in [1.165, 1.54) is 0 Å². The summed E-state index contributed by atoms with van der Waals surface area (Å²) >= 11 is 0. The quantitative estimate of drug-likeness (QED) is 0.946. The summed E-state index contributed by atoms with van der Waals surface area (Å²) in [6, 6.07) is 12.1. The highest BCUT2D eigenvalue weighted by atomic mass is 16.2. The number of H-pyrrole nitrogens is 1. The van der Waals surface area contributed by atoms with Gasteiger partial charge >= 0.3 is 0 Å². The molecule has 1 aliphatic rings. The fraction of sp³-hybridized carbons (Fsp3) is 0.444. The molecule has 3 rings (SSSR count). The summed E-state index contributed by atoms with van der Waals surface area (Å²) in [6.45, 7) is 5.66. The van der Waals surface area contributed by atoms with Crippen LogP contribution in [0.3, 0.4) is 0 Å². The number of rotatable bonds is 3. The van der Waals surface area contributed by atoms with Gasteiger partial charge in [-0.05, 0) is 38.3 Å². The maximum atomic E-state index is 13.0. The first-order valence-corrected chi connectivity index (χ1v) is 7.93. The largest absolute Gasteiger partial charge is 0.341 e. The molecule has 1 aliphatic heterocycles. The normalized spacial score (nSPS) is 19.2. The van der Waals surface area contributed by atoms with E-state index in [4.69, 9.17) is 0 Å². The minimum atomic E-state index is -0.489. The number of hydrogen-bond acceptors (Lipinski definition) is 2. The predicted octanol–water partition coefficient (Wildman–Crippen LogP) is 3.09. The van der Waals surface area contributed by atoms with Crippen molar-refractivity contribution < 1.29 is 4.79 Å². The second kappa shape index (κ2) is 5.95. The molecule has 1 fully saturated rings. The number of carbonyl (C=O) groups excluding carboxylic acids is 1.